The summed E-state index contributed by atoms with van der Waals surface area (Å²) in [5.74, 6) is 0.903. The van der Waals surface area contributed by atoms with Crippen LogP contribution >= 0.6 is 0 Å². The molecule has 0 aromatic carbocycles. The third kappa shape index (κ3) is 2.44. The molecule has 0 aliphatic heterocycles. The van der Waals surface area contributed by atoms with Crippen molar-refractivity contribution in [2.75, 3.05) is 7.05 Å². The number of likely N-dealkylation sites (N-methyl/N-ethyl adjacent to an activating group) is 1. The highest BCUT2D eigenvalue weighted by molar-refractivity contribution is 5.43. The van der Waals surface area contributed by atoms with Gasteiger partial charge >= 0.3 is 0 Å². The standard InChI is InChI=1S/C12H19N5/c1-4-5-10(13-3)8-11-12-16-15-9(2)17(12)7-6-14-11/h6-7,10,13H,4-5,8H2,1-3H3. The van der Waals surface area contributed by atoms with E-state index >= 15 is 0 Å². The average molecular weight is 233 g/mol. The molecular formula is C12H19N5. The summed E-state index contributed by atoms with van der Waals surface area (Å²) in [4.78, 5) is 4.43. The van der Waals surface area contributed by atoms with Gasteiger partial charge in [-0.1, -0.05) is 13.3 Å². The van der Waals surface area contributed by atoms with Gasteiger partial charge in [0.1, 0.15) is 5.82 Å². The molecule has 0 saturated heterocycles. The molecule has 1 N–H and O–H groups in total. The predicted octanol–water partition coefficient (Wildman–Crippen LogP) is 1.36. The molecule has 1 atom stereocenters. The second kappa shape index (κ2) is 5.23. The summed E-state index contributed by atoms with van der Waals surface area (Å²) in [6.45, 7) is 4.14. The van der Waals surface area contributed by atoms with Gasteiger partial charge in [0.2, 0.25) is 0 Å². The van der Waals surface area contributed by atoms with Crippen molar-refractivity contribution in [2.24, 2.45) is 0 Å². The Morgan fingerprint density at radius 2 is 2.24 bits per heavy atom. The highest BCUT2D eigenvalue weighted by atomic mass is 15.2. The van der Waals surface area contributed by atoms with Crippen LogP contribution in [0.1, 0.15) is 31.3 Å². The zero-order valence-corrected chi connectivity index (χ0v) is 10.6. The van der Waals surface area contributed by atoms with E-state index in [1.54, 1.807) is 0 Å². The summed E-state index contributed by atoms with van der Waals surface area (Å²) in [5, 5.41) is 11.6. The first-order valence-corrected chi connectivity index (χ1v) is 6.08. The molecule has 17 heavy (non-hydrogen) atoms. The van der Waals surface area contributed by atoms with Crippen LogP contribution in [0.15, 0.2) is 12.4 Å². The maximum Gasteiger partial charge on any atom is 0.182 e. The van der Waals surface area contributed by atoms with Crippen LogP contribution in [-0.4, -0.2) is 32.7 Å². The lowest BCUT2D eigenvalue weighted by molar-refractivity contribution is 0.509. The first-order chi connectivity index (χ1) is 8.26. The first kappa shape index (κ1) is 12.0. The van der Waals surface area contributed by atoms with Crippen LogP contribution in [0.3, 0.4) is 0 Å². The van der Waals surface area contributed by atoms with E-state index in [0.29, 0.717) is 6.04 Å². The van der Waals surface area contributed by atoms with E-state index in [1.165, 1.54) is 6.42 Å². The molecule has 0 amide bonds. The fourth-order valence-electron chi connectivity index (χ4n) is 2.07. The fourth-order valence-corrected chi connectivity index (χ4v) is 2.07. The number of aryl methyl sites for hydroxylation is 1. The number of aromatic nitrogens is 4. The van der Waals surface area contributed by atoms with Crippen LogP contribution in [0.25, 0.3) is 5.65 Å². The molecule has 0 fully saturated rings. The van der Waals surface area contributed by atoms with Gasteiger partial charge in [-0.3, -0.25) is 9.38 Å². The molecule has 2 aromatic heterocycles. The Hall–Kier alpha value is -1.49. The lowest BCUT2D eigenvalue weighted by Crippen LogP contribution is -2.27. The highest BCUT2D eigenvalue weighted by Gasteiger charge is 2.12. The Kier molecular flexibility index (Phi) is 3.68. The lowest BCUT2D eigenvalue weighted by Gasteiger charge is -2.14. The molecule has 0 aliphatic carbocycles. The monoisotopic (exact) mass is 233 g/mol. The maximum atomic E-state index is 4.43. The van der Waals surface area contributed by atoms with Crippen LogP contribution < -0.4 is 5.32 Å². The molecule has 0 aliphatic rings. The van der Waals surface area contributed by atoms with Crippen molar-refractivity contribution in [2.45, 2.75) is 39.2 Å². The van der Waals surface area contributed by atoms with E-state index in [2.05, 4.69) is 27.4 Å². The Bertz CT molecular complexity index is 491. The van der Waals surface area contributed by atoms with Crippen LogP contribution in [0.5, 0.6) is 0 Å². The van der Waals surface area contributed by atoms with Gasteiger partial charge in [-0.2, -0.15) is 0 Å². The molecule has 5 nitrogen and oxygen atoms in total. The van der Waals surface area contributed by atoms with E-state index in [9.17, 15) is 0 Å². The summed E-state index contributed by atoms with van der Waals surface area (Å²) in [7, 11) is 2.00. The van der Waals surface area contributed by atoms with Crippen molar-refractivity contribution >= 4 is 5.65 Å². The topological polar surface area (TPSA) is 55.1 Å². The number of hydrogen-bond donors (Lipinski definition) is 1. The van der Waals surface area contributed by atoms with Crippen molar-refractivity contribution < 1.29 is 0 Å². The molecule has 0 radical (unpaired) electrons. The van der Waals surface area contributed by atoms with Crippen LogP contribution in [0, 0.1) is 6.92 Å². The second-order valence-corrected chi connectivity index (χ2v) is 4.29. The smallest absolute Gasteiger partial charge is 0.182 e. The van der Waals surface area contributed by atoms with Crippen molar-refractivity contribution in [1.82, 2.24) is 24.9 Å². The molecule has 2 heterocycles. The highest BCUT2D eigenvalue weighted by Crippen LogP contribution is 2.11. The maximum absolute atomic E-state index is 4.43. The normalized spacial score (nSPS) is 13.1. The summed E-state index contributed by atoms with van der Waals surface area (Å²) < 4.78 is 1.99. The lowest BCUT2D eigenvalue weighted by atomic mass is 10.1. The van der Waals surface area contributed by atoms with Crippen molar-refractivity contribution in [3.63, 3.8) is 0 Å². The molecule has 0 saturated carbocycles. The number of nitrogens with zero attached hydrogens (tertiary/aromatic N) is 4. The Morgan fingerprint density at radius 3 is 2.94 bits per heavy atom. The minimum absolute atomic E-state index is 0.454. The zero-order valence-electron chi connectivity index (χ0n) is 10.6. The van der Waals surface area contributed by atoms with Gasteiger partial charge in [-0.05, 0) is 20.4 Å². The van der Waals surface area contributed by atoms with E-state index in [0.717, 1.165) is 30.0 Å². The van der Waals surface area contributed by atoms with E-state index in [4.69, 9.17) is 0 Å². The molecule has 2 rings (SSSR count). The van der Waals surface area contributed by atoms with Gasteiger partial charge in [0.05, 0.1) is 5.69 Å². The summed E-state index contributed by atoms with van der Waals surface area (Å²) >= 11 is 0. The van der Waals surface area contributed by atoms with Crippen LogP contribution in [0.4, 0.5) is 0 Å². The molecule has 0 spiro atoms. The molecule has 1 unspecified atom stereocenters. The molecule has 92 valence electrons. The van der Waals surface area contributed by atoms with Crippen LogP contribution in [-0.2, 0) is 6.42 Å². The minimum atomic E-state index is 0.454. The molecule has 0 bridgehead atoms. The average Bonchev–Trinajstić information content (AvgIpc) is 2.72. The molecular weight excluding hydrogens is 214 g/mol. The quantitative estimate of drug-likeness (QED) is 0.847. The van der Waals surface area contributed by atoms with Gasteiger partial charge in [-0.15, -0.1) is 10.2 Å². The fraction of sp³-hybridized carbons (Fsp3) is 0.583. The van der Waals surface area contributed by atoms with Crippen molar-refractivity contribution in [1.29, 1.82) is 0 Å². The number of fused-ring (bicyclic) bond motifs is 1. The van der Waals surface area contributed by atoms with Crippen LogP contribution in [0.2, 0.25) is 0 Å². The number of hydrogen-bond acceptors (Lipinski definition) is 4. The van der Waals surface area contributed by atoms with Crippen molar-refractivity contribution in [3.8, 4) is 0 Å². The first-order valence-electron chi connectivity index (χ1n) is 6.08. The van der Waals surface area contributed by atoms with Crippen molar-refractivity contribution in [3.05, 3.63) is 23.9 Å². The Morgan fingerprint density at radius 1 is 1.41 bits per heavy atom. The second-order valence-electron chi connectivity index (χ2n) is 4.29. The predicted molar refractivity (Wildman–Crippen MR) is 67.0 cm³/mol. The van der Waals surface area contributed by atoms with E-state index in [-0.39, 0.29) is 0 Å². The molecule has 2 aromatic rings. The van der Waals surface area contributed by atoms with E-state index < -0.39 is 0 Å². The third-order valence-electron chi connectivity index (χ3n) is 3.06. The largest absolute Gasteiger partial charge is 0.317 e. The van der Waals surface area contributed by atoms with E-state index in [1.807, 2.05) is 30.8 Å². The summed E-state index contributed by atoms with van der Waals surface area (Å²) in [6.07, 6.45) is 6.93. The Balaban J connectivity index is 2.29. The third-order valence-corrected chi connectivity index (χ3v) is 3.06. The van der Waals surface area contributed by atoms with Gasteiger partial charge in [0.25, 0.3) is 0 Å². The number of nitrogens with one attached hydrogen (secondary N) is 1. The summed E-state index contributed by atoms with van der Waals surface area (Å²) in [5.41, 5.74) is 1.89. The van der Waals surface area contributed by atoms with Gasteiger partial charge < -0.3 is 5.32 Å². The molecule has 5 heteroatoms. The minimum Gasteiger partial charge on any atom is -0.317 e. The number of rotatable bonds is 5. The zero-order chi connectivity index (χ0) is 12.3. The SMILES string of the molecule is CCCC(Cc1nccn2c(C)nnc12)NC. The van der Waals surface area contributed by atoms with Gasteiger partial charge in [0, 0.05) is 24.9 Å². The summed E-state index contributed by atoms with van der Waals surface area (Å²) in [6, 6.07) is 0.454. The van der Waals surface area contributed by atoms with Gasteiger partial charge in [-0.25, -0.2) is 0 Å². The van der Waals surface area contributed by atoms with Gasteiger partial charge in [0.15, 0.2) is 5.65 Å². The Labute approximate surface area is 101 Å².